The smallest absolute Gasteiger partial charge is 0.226 e. The van der Waals surface area contributed by atoms with Gasteiger partial charge in [0.2, 0.25) is 5.91 Å². The summed E-state index contributed by atoms with van der Waals surface area (Å²) in [4.78, 5) is 20.5. The number of likely N-dealkylation sites (tertiary alicyclic amines) is 1. The van der Waals surface area contributed by atoms with Crippen LogP contribution in [0.5, 0.6) is 5.75 Å². The summed E-state index contributed by atoms with van der Waals surface area (Å²) in [6.07, 6.45) is 7.84. The molecule has 0 bridgehead atoms. The number of hydrogen-bond acceptors (Lipinski definition) is 4. The van der Waals surface area contributed by atoms with E-state index in [4.69, 9.17) is 4.74 Å². The van der Waals surface area contributed by atoms with Crippen LogP contribution in [0, 0.1) is 25.2 Å². The molecule has 1 spiro atoms. The summed E-state index contributed by atoms with van der Waals surface area (Å²) >= 11 is 0. The van der Waals surface area contributed by atoms with Crippen LogP contribution >= 0.6 is 0 Å². The summed E-state index contributed by atoms with van der Waals surface area (Å²) in [6, 6.07) is 14.8. The summed E-state index contributed by atoms with van der Waals surface area (Å²) in [5.41, 5.74) is 5.48. The lowest BCUT2D eigenvalue weighted by Gasteiger charge is -2.36. The van der Waals surface area contributed by atoms with Gasteiger partial charge < -0.3 is 9.64 Å². The number of piperidine rings is 1. The molecule has 5 rings (SSSR count). The summed E-state index contributed by atoms with van der Waals surface area (Å²) in [5, 5.41) is 0. The molecule has 0 radical (unpaired) electrons. The molecule has 3 fully saturated rings. The van der Waals surface area contributed by atoms with E-state index in [2.05, 4.69) is 77.1 Å². The zero-order valence-electron chi connectivity index (χ0n) is 22.2. The number of carbonyl (C=O) groups excluding carboxylic acids is 1. The number of amides is 1. The normalized spacial score (nSPS) is 22.3. The van der Waals surface area contributed by atoms with Gasteiger partial charge in [0.05, 0.1) is 7.11 Å². The third-order valence-corrected chi connectivity index (χ3v) is 8.96. The standard InChI is InChI=1S/C31H41N3O2/c1-24-25(2)29(36-3)12-11-27(24)23-33-16-13-31(14-17-33)22-28(31)30(35)34-20-18-32(19-21-34)15-7-10-26-8-5-4-6-9-26/h4-12,28H,13-23H2,1-3H3/b10-7+/t28-/m0/s1. The summed E-state index contributed by atoms with van der Waals surface area (Å²) < 4.78 is 5.48. The Morgan fingerprint density at radius 2 is 1.67 bits per heavy atom. The topological polar surface area (TPSA) is 36.0 Å². The number of ether oxygens (including phenoxy) is 1. The van der Waals surface area contributed by atoms with Gasteiger partial charge in [-0.25, -0.2) is 0 Å². The number of carbonyl (C=O) groups is 1. The molecule has 5 nitrogen and oxygen atoms in total. The highest BCUT2D eigenvalue weighted by Crippen LogP contribution is 2.60. The second kappa shape index (κ2) is 10.8. The van der Waals surface area contributed by atoms with Gasteiger partial charge >= 0.3 is 0 Å². The number of nitrogens with zero attached hydrogens (tertiary/aromatic N) is 3. The zero-order chi connectivity index (χ0) is 25.1. The first kappa shape index (κ1) is 25.0. The van der Waals surface area contributed by atoms with Crippen LogP contribution in [0.15, 0.2) is 48.5 Å². The van der Waals surface area contributed by atoms with Crippen LogP contribution in [-0.2, 0) is 11.3 Å². The van der Waals surface area contributed by atoms with Crippen molar-refractivity contribution < 1.29 is 9.53 Å². The highest BCUT2D eigenvalue weighted by molar-refractivity contribution is 5.83. The lowest BCUT2D eigenvalue weighted by Crippen LogP contribution is -2.49. The summed E-state index contributed by atoms with van der Waals surface area (Å²) in [6.45, 7) is 12.2. The molecule has 2 aromatic rings. The first-order valence-corrected chi connectivity index (χ1v) is 13.6. The van der Waals surface area contributed by atoms with Crippen molar-refractivity contribution in [1.29, 1.82) is 0 Å². The second-order valence-corrected chi connectivity index (χ2v) is 11.0. The molecule has 192 valence electrons. The quantitative estimate of drug-likeness (QED) is 0.564. The van der Waals surface area contributed by atoms with Crippen molar-refractivity contribution in [2.45, 2.75) is 39.7 Å². The Bertz CT molecular complexity index is 1080. The van der Waals surface area contributed by atoms with E-state index in [1.165, 1.54) is 22.3 Å². The number of hydrogen-bond donors (Lipinski definition) is 0. The Hall–Kier alpha value is -2.63. The van der Waals surface area contributed by atoms with Crippen LogP contribution in [0.25, 0.3) is 6.08 Å². The molecule has 3 aliphatic rings. The third kappa shape index (κ3) is 5.37. The molecule has 2 aromatic carbocycles. The van der Waals surface area contributed by atoms with Gasteiger partial charge in [0.15, 0.2) is 0 Å². The van der Waals surface area contributed by atoms with Crippen molar-refractivity contribution in [3.63, 3.8) is 0 Å². The van der Waals surface area contributed by atoms with E-state index in [0.29, 0.717) is 5.91 Å². The van der Waals surface area contributed by atoms with E-state index >= 15 is 0 Å². The fourth-order valence-corrected chi connectivity index (χ4v) is 6.16. The highest BCUT2D eigenvalue weighted by Gasteiger charge is 2.59. The molecule has 1 saturated carbocycles. The fourth-order valence-electron chi connectivity index (χ4n) is 6.16. The lowest BCUT2D eigenvalue weighted by atomic mass is 9.90. The molecule has 2 heterocycles. The molecule has 2 saturated heterocycles. The van der Waals surface area contributed by atoms with Gasteiger partial charge in [-0.15, -0.1) is 0 Å². The second-order valence-electron chi connectivity index (χ2n) is 11.0. The van der Waals surface area contributed by atoms with Crippen molar-refractivity contribution in [2.75, 3.05) is 52.9 Å². The zero-order valence-corrected chi connectivity index (χ0v) is 22.2. The van der Waals surface area contributed by atoms with Crippen molar-refractivity contribution in [2.24, 2.45) is 11.3 Å². The SMILES string of the molecule is COc1ccc(CN2CCC3(CC2)C[C@H]3C(=O)N2CCN(C/C=C/c3ccccc3)CC2)c(C)c1C. The van der Waals surface area contributed by atoms with Crippen LogP contribution in [-0.4, -0.2) is 73.5 Å². The van der Waals surface area contributed by atoms with Crippen LogP contribution in [0.3, 0.4) is 0 Å². The van der Waals surface area contributed by atoms with E-state index in [0.717, 1.165) is 77.4 Å². The minimum atomic E-state index is 0.258. The van der Waals surface area contributed by atoms with Gasteiger partial charge in [-0.2, -0.15) is 0 Å². The predicted molar refractivity (Wildman–Crippen MR) is 146 cm³/mol. The van der Waals surface area contributed by atoms with Gasteiger partial charge in [0, 0.05) is 45.2 Å². The molecule has 5 heteroatoms. The van der Waals surface area contributed by atoms with Gasteiger partial charge in [0.25, 0.3) is 0 Å². The van der Waals surface area contributed by atoms with Crippen molar-refractivity contribution in [3.05, 3.63) is 70.8 Å². The Balaban J connectivity index is 1.06. The summed E-state index contributed by atoms with van der Waals surface area (Å²) in [7, 11) is 1.74. The lowest BCUT2D eigenvalue weighted by molar-refractivity contribution is -0.135. The monoisotopic (exact) mass is 487 g/mol. The maximum atomic E-state index is 13.3. The molecule has 0 unspecified atom stereocenters. The molecule has 36 heavy (non-hydrogen) atoms. The number of piperazine rings is 1. The van der Waals surface area contributed by atoms with Gasteiger partial charge in [0.1, 0.15) is 5.75 Å². The maximum absolute atomic E-state index is 13.3. The number of methoxy groups -OCH3 is 1. The first-order valence-electron chi connectivity index (χ1n) is 13.6. The Labute approximate surface area is 216 Å². The Morgan fingerprint density at radius 1 is 0.944 bits per heavy atom. The molecule has 0 aromatic heterocycles. The largest absolute Gasteiger partial charge is 0.496 e. The van der Waals surface area contributed by atoms with E-state index in [1.54, 1.807) is 7.11 Å². The van der Waals surface area contributed by atoms with Crippen molar-refractivity contribution in [3.8, 4) is 5.75 Å². The van der Waals surface area contributed by atoms with Crippen LogP contribution in [0.2, 0.25) is 0 Å². The fraction of sp³-hybridized carbons (Fsp3) is 0.516. The van der Waals surface area contributed by atoms with E-state index in [9.17, 15) is 4.79 Å². The summed E-state index contributed by atoms with van der Waals surface area (Å²) in [5.74, 6) is 1.65. The first-order chi connectivity index (χ1) is 17.5. The molecular formula is C31H41N3O2. The maximum Gasteiger partial charge on any atom is 0.226 e. The molecule has 0 N–H and O–H groups in total. The molecular weight excluding hydrogens is 446 g/mol. The average Bonchev–Trinajstić information content (AvgIpc) is 3.62. The van der Waals surface area contributed by atoms with Gasteiger partial charge in [-0.05, 0) is 79.9 Å². The van der Waals surface area contributed by atoms with E-state index < -0.39 is 0 Å². The third-order valence-electron chi connectivity index (χ3n) is 8.96. The van der Waals surface area contributed by atoms with Crippen LogP contribution < -0.4 is 4.74 Å². The van der Waals surface area contributed by atoms with E-state index in [1.807, 2.05) is 6.07 Å². The van der Waals surface area contributed by atoms with Crippen molar-refractivity contribution >= 4 is 12.0 Å². The number of benzene rings is 2. The minimum absolute atomic E-state index is 0.258. The number of rotatable bonds is 7. The minimum Gasteiger partial charge on any atom is -0.496 e. The van der Waals surface area contributed by atoms with Crippen molar-refractivity contribution in [1.82, 2.24) is 14.7 Å². The Morgan fingerprint density at radius 3 is 2.36 bits per heavy atom. The predicted octanol–water partition coefficient (Wildman–Crippen LogP) is 4.77. The van der Waals surface area contributed by atoms with E-state index in [-0.39, 0.29) is 11.3 Å². The Kier molecular flexibility index (Phi) is 7.49. The molecule has 1 aliphatic carbocycles. The van der Waals surface area contributed by atoms with Crippen LogP contribution in [0.1, 0.15) is 41.5 Å². The average molecular weight is 488 g/mol. The van der Waals surface area contributed by atoms with Gasteiger partial charge in [-0.1, -0.05) is 48.6 Å². The molecule has 2 aliphatic heterocycles. The van der Waals surface area contributed by atoms with Gasteiger partial charge in [-0.3, -0.25) is 14.6 Å². The molecule has 1 atom stereocenters. The highest BCUT2D eigenvalue weighted by atomic mass is 16.5. The molecule has 1 amide bonds. The van der Waals surface area contributed by atoms with Crippen LogP contribution in [0.4, 0.5) is 0 Å².